The van der Waals surface area contributed by atoms with Crippen LogP contribution < -0.4 is 5.32 Å². The monoisotopic (exact) mass is 357 g/mol. The molecular formula is C19H23N3O2S. The quantitative estimate of drug-likeness (QED) is 0.607. The number of anilines is 1. The van der Waals surface area contributed by atoms with Crippen LogP contribution >= 0.6 is 11.3 Å². The number of oxime groups is 1. The highest BCUT2D eigenvalue weighted by atomic mass is 32.1. The number of aromatic nitrogens is 1. The molecule has 0 radical (unpaired) electrons. The van der Waals surface area contributed by atoms with E-state index in [0.29, 0.717) is 11.7 Å². The third kappa shape index (κ3) is 5.13. The van der Waals surface area contributed by atoms with Gasteiger partial charge in [-0.25, -0.2) is 4.98 Å². The normalized spacial score (nSPS) is 15.8. The zero-order chi connectivity index (χ0) is 17.5. The zero-order valence-electron chi connectivity index (χ0n) is 14.4. The number of thiazole rings is 1. The van der Waals surface area contributed by atoms with Crippen LogP contribution in [0.5, 0.6) is 0 Å². The van der Waals surface area contributed by atoms with Gasteiger partial charge in [0.05, 0.1) is 11.4 Å². The minimum atomic E-state index is 0.0967. The summed E-state index contributed by atoms with van der Waals surface area (Å²) in [7, 11) is 0. The van der Waals surface area contributed by atoms with Gasteiger partial charge in [0.25, 0.3) is 0 Å². The third-order valence-electron chi connectivity index (χ3n) is 4.36. The molecule has 0 spiro atoms. The molecule has 0 bridgehead atoms. The first-order valence-corrected chi connectivity index (χ1v) is 9.57. The Morgan fingerprint density at radius 2 is 2.04 bits per heavy atom. The fourth-order valence-electron chi connectivity index (χ4n) is 2.93. The molecular weight excluding hydrogens is 334 g/mol. The van der Waals surface area contributed by atoms with Gasteiger partial charge >= 0.3 is 0 Å². The number of hydrogen-bond donors (Lipinski definition) is 1. The van der Waals surface area contributed by atoms with Crippen LogP contribution in [0.4, 0.5) is 5.13 Å². The van der Waals surface area contributed by atoms with Gasteiger partial charge in [-0.1, -0.05) is 54.8 Å². The van der Waals surface area contributed by atoms with E-state index in [9.17, 15) is 4.79 Å². The summed E-state index contributed by atoms with van der Waals surface area (Å²) in [5, 5.41) is 9.59. The van der Waals surface area contributed by atoms with E-state index in [0.717, 1.165) is 42.7 Å². The van der Waals surface area contributed by atoms with E-state index in [4.69, 9.17) is 4.84 Å². The number of benzene rings is 1. The summed E-state index contributed by atoms with van der Waals surface area (Å²) in [5.74, 6) is 0.231. The molecule has 2 aromatic rings. The predicted molar refractivity (Wildman–Crippen MR) is 101 cm³/mol. The molecule has 1 saturated carbocycles. The standard InChI is InChI=1S/C19H23N3O2S/c1-14(15-8-4-2-5-9-15)22-24-12-17-13-25-19(20-17)21-18(23)16-10-6-3-7-11-16/h2,4-5,8-9,13,16H,3,6-7,10-12H2,1H3,(H,20,21,23)/b22-14-. The third-order valence-corrected chi connectivity index (χ3v) is 5.17. The molecule has 132 valence electrons. The maximum Gasteiger partial charge on any atom is 0.229 e. The van der Waals surface area contributed by atoms with Crippen molar-refractivity contribution in [1.29, 1.82) is 0 Å². The first-order valence-electron chi connectivity index (χ1n) is 8.69. The predicted octanol–water partition coefficient (Wildman–Crippen LogP) is 4.60. The number of rotatable bonds is 6. The van der Waals surface area contributed by atoms with Crippen molar-refractivity contribution >= 4 is 28.1 Å². The maximum atomic E-state index is 12.2. The molecule has 0 unspecified atom stereocenters. The van der Waals surface area contributed by atoms with Crippen molar-refractivity contribution in [2.75, 3.05) is 5.32 Å². The number of nitrogens with one attached hydrogen (secondary N) is 1. The van der Waals surface area contributed by atoms with Gasteiger partial charge in [0.15, 0.2) is 11.7 Å². The van der Waals surface area contributed by atoms with Crippen molar-refractivity contribution in [3.8, 4) is 0 Å². The Morgan fingerprint density at radius 3 is 2.80 bits per heavy atom. The molecule has 6 heteroatoms. The van der Waals surface area contributed by atoms with Gasteiger partial charge in [-0.05, 0) is 25.3 Å². The van der Waals surface area contributed by atoms with E-state index in [-0.39, 0.29) is 11.8 Å². The Morgan fingerprint density at radius 1 is 1.28 bits per heavy atom. The van der Waals surface area contributed by atoms with Crippen molar-refractivity contribution in [2.24, 2.45) is 11.1 Å². The molecule has 0 atom stereocenters. The van der Waals surface area contributed by atoms with Crippen molar-refractivity contribution in [2.45, 2.75) is 45.6 Å². The molecule has 1 aliphatic rings. The molecule has 1 fully saturated rings. The number of carbonyl (C=O) groups excluding carboxylic acids is 1. The molecule has 1 aliphatic carbocycles. The van der Waals surface area contributed by atoms with Crippen LogP contribution in [0, 0.1) is 5.92 Å². The lowest BCUT2D eigenvalue weighted by atomic mass is 9.89. The minimum absolute atomic E-state index is 0.0967. The number of hydrogen-bond acceptors (Lipinski definition) is 5. The Bertz CT molecular complexity index is 721. The van der Waals surface area contributed by atoms with E-state index in [1.165, 1.54) is 17.8 Å². The highest BCUT2D eigenvalue weighted by Crippen LogP contribution is 2.25. The fourth-order valence-corrected chi connectivity index (χ4v) is 3.63. The zero-order valence-corrected chi connectivity index (χ0v) is 15.2. The largest absolute Gasteiger partial charge is 0.389 e. The number of carbonyl (C=O) groups is 1. The maximum absolute atomic E-state index is 12.2. The Labute approximate surface area is 152 Å². The molecule has 3 rings (SSSR count). The SMILES string of the molecule is C/C(=N/OCc1csc(NC(=O)C2CCCCC2)n1)c1ccccc1. The van der Waals surface area contributed by atoms with Crippen LogP contribution in [-0.2, 0) is 16.2 Å². The van der Waals surface area contributed by atoms with E-state index < -0.39 is 0 Å². The molecule has 1 amide bonds. The van der Waals surface area contributed by atoms with E-state index in [1.807, 2.05) is 42.6 Å². The van der Waals surface area contributed by atoms with Gasteiger partial charge in [-0.15, -0.1) is 11.3 Å². The summed E-state index contributed by atoms with van der Waals surface area (Å²) >= 11 is 1.43. The Kier molecular flexibility index (Phi) is 6.17. The second-order valence-corrected chi connectivity index (χ2v) is 7.14. The van der Waals surface area contributed by atoms with Gasteiger partial charge in [0.1, 0.15) is 0 Å². The molecule has 1 aromatic carbocycles. The smallest absolute Gasteiger partial charge is 0.229 e. The average Bonchev–Trinajstić information content (AvgIpc) is 3.10. The lowest BCUT2D eigenvalue weighted by Gasteiger charge is -2.19. The molecule has 0 aliphatic heterocycles. The fraction of sp³-hybridized carbons (Fsp3) is 0.421. The lowest BCUT2D eigenvalue weighted by molar-refractivity contribution is -0.120. The van der Waals surface area contributed by atoms with E-state index in [1.54, 1.807) is 0 Å². The van der Waals surface area contributed by atoms with E-state index in [2.05, 4.69) is 15.5 Å². The first kappa shape index (κ1) is 17.6. The highest BCUT2D eigenvalue weighted by Gasteiger charge is 2.21. The second-order valence-electron chi connectivity index (χ2n) is 6.28. The summed E-state index contributed by atoms with van der Waals surface area (Å²) in [6.07, 6.45) is 5.51. The van der Waals surface area contributed by atoms with Crippen LogP contribution in [0.2, 0.25) is 0 Å². The van der Waals surface area contributed by atoms with Crippen LogP contribution in [0.15, 0.2) is 40.9 Å². The molecule has 5 nitrogen and oxygen atoms in total. The van der Waals surface area contributed by atoms with Gasteiger partial charge < -0.3 is 10.2 Å². The van der Waals surface area contributed by atoms with E-state index >= 15 is 0 Å². The summed E-state index contributed by atoms with van der Waals surface area (Å²) < 4.78 is 0. The first-order chi connectivity index (χ1) is 12.2. The topological polar surface area (TPSA) is 63.6 Å². The number of nitrogens with zero attached hydrogens (tertiary/aromatic N) is 2. The van der Waals surface area contributed by atoms with Crippen molar-refractivity contribution < 1.29 is 9.63 Å². The van der Waals surface area contributed by atoms with Gasteiger partial charge in [0.2, 0.25) is 5.91 Å². The van der Waals surface area contributed by atoms with Crippen LogP contribution in [0.25, 0.3) is 0 Å². The Hall–Kier alpha value is -2.21. The average molecular weight is 357 g/mol. The van der Waals surface area contributed by atoms with Crippen molar-refractivity contribution in [3.05, 3.63) is 47.0 Å². The van der Waals surface area contributed by atoms with Crippen LogP contribution in [-0.4, -0.2) is 16.6 Å². The second kappa shape index (κ2) is 8.76. The summed E-state index contributed by atoms with van der Waals surface area (Å²) in [6, 6.07) is 9.88. The molecule has 1 heterocycles. The molecule has 0 saturated heterocycles. The Balaban J connectivity index is 1.49. The molecule has 25 heavy (non-hydrogen) atoms. The summed E-state index contributed by atoms with van der Waals surface area (Å²) in [6.45, 7) is 2.20. The van der Waals surface area contributed by atoms with Crippen LogP contribution in [0.3, 0.4) is 0 Å². The van der Waals surface area contributed by atoms with Gasteiger partial charge in [0, 0.05) is 11.3 Å². The molecule has 1 aromatic heterocycles. The highest BCUT2D eigenvalue weighted by molar-refractivity contribution is 7.13. The van der Waals surface area contributed by atoms with Crippen molar-refractivity contribution in [3.63, 3.8) is 0 Å². The van der Waals surface area contributed by atoms with Crippen LogP contribution in [0.1, 0.15) is 50.3 Å². The summed E-state index contributed by atoms with van der Waals surface area (Å²) in [4.78, 5) is 22.0. The lowest BCUT2D eigenvalue weighted by Crippen LogP contribution is -2.24. The van der Waals surface area contributed by atoms with Gasteiger partial charge in [-0.2, -0.15) is 0 Å². The number of amides is 1. The molecule has 1 N–H and O–H groups in total. The van der Waals surface area contributed by atoms with Crippen molar-refractivity contribution in [1.82, 2.24) is 4.98 Å². The summed E-state index contributed by atoms with van der Waals surface area (Å²) in [5.41, 5.74) is 2.62. The van der Waals surface area contributed by atoms with Gasteiger partial charge in [-0.3, -0.25) is 4.79 Å². The minimum Gasteiger partial charge on any atom is -0.389 e.